The number of fused-ring (bicyclic) bond motifs is 1. The third-order valence-electron chi connectivity index (χ3n) is 5.19. The zero-order chi connectivity index (χ0) is 12.7. The van der Waals surface area contributed by atoms with Gasteiger partial charge in [0.15, 0.2) is 0 Å². The van der Waals surface area contributed by atoms with Gasteiger partial charge in [-0.05, 0) is 44.4 Å². The lowest BCUT2D eigenvalue weighted by molar-refractivity contribution is -0.158. The minimum absolute atomic E-state index is 0.130. The first kappa shape index (κ1) is 12.0. The number of carboxylic acids is 1. The molecule has 4 heteroatoms. The number of amides is 1. The summed E-state index contributed by atoms with van der Waals surface area (Å²) in [6.45, 7) is 0.850. The van der Waals surface area contributed by atoms with Crippen molar-refractivity contribution in [3.63, 3.8) is 0 Å². The highest BCUT2D eigenvalue weighted by molar-refractivity contribution is 5.86. The van der Waals surface area contributed by atoms with E-state index >= 15 is 0 Å². The molecule has 4 nitrogen and oxygen atoms in total. The Morgan fingerprint density at radius 1 is 0.944 bits per heavy atom. The number of piperidine rings is 1. The standard InChI is InChI=1S/C14H21NO3/c16-13(10-6-7-11(10)14(17)18)15-8-2-4-9-3-1-5-12(9)15/h9-12H,1-8H2,(H,17,18). The van der Waals surface area contributed by atoms with Crippen LogP contribution in [0.15, 0.2) is 0 Å². The molecule has 2 aliphatic carbocycles. The van der Waals surface area contributed by atoms with Gasteiger partial charge in [0.1, 0.15) is 0 Å². The molecular formula is C14H21NO3. The van der Waals surface area contributed by atoms with E-state index in [4.69, 9.17) is 5.11 Å². The predicted octanol–water partition coefficient (Wildman–Crippen LogP) is 1.89. The van der Waals surface area contributed by atoms with Crippen molar-refractivity contribution < 1.29 is 14.7 Å². The van der Waals surface area contributed by atoms with Gasteiger partial charge in [-0.15, -0.1) is 0 Å². The quantitative estimate of drug-likeness (QED) is 0.815. The molecule has 1 heterocycles. The lowest BCUT2D eigenvalue weighted by atomic mass is 9.72. The Bertz CT molecular complexity index is 368. The number of nitrogens with zero attached hydrogens (tertiary/aromatic N) is 1. The molecule has 1 amide bonds. The zero-order valence-electron chi connectivity index (χ0n) is 10.7. The molecule has 3 rings (SSSR count). The largest absolute Gasteiger partial charge is 0.481 e. The molecule has 3 aliphatic rings. The molecule has 1 saturated heterocycles. The van der Waals surface area contributed by atoms with Gasteiger partial charge in [0.05, 0.1) is 11.8 Å². The summed E-state index contributed by atoms with van der Waals surface area (Å²) in [5.74, 6) is -0.628. The number of carboxylic acid groups (broad SMARTS) is 1. The molecule has 0 aromatic carbocycles. The van der Waals surface area contributed by atoms with Crippen LogP contribution < -0.4 is 0 Å². The van der Waals surface area contributed by atoms with Gasteiger partial charge in [0.2, 0.25) is 5.91 Å². The third kappa shape index (κ3) is 1.82. The van der Waals surface area contributed by atoms with Crippen LogP contribution in [-0.2, 0) is 9.59 Å². The Balaban J connectivity index is 1.70. The van der Waals surface area contributed by atoms with E-state index in [1.807, 2.05) is 4.90 Å². The summed E-state index contributed by atoms with van der Waals surface area (Å²) < 4.78 is 0. The van der Waals surface area contributed by atoms with E-state index in [-0.39, 0.29) is 11.8 Å². The fraction of sp³-hybridized carbons (Fsp3) is 0.857. The molecule has 4 atom stereocenters. The summed E-state index contributed by atoms with van der Waals surface area (Å²) >= 11 is 0. The van der Waals surface area contributed by atoms with Crippen LogP contribution in [0.25, 0.3) is 0 Å². The summed E-state index contributed by atoms with van der Waals surface area (Å²) in [5.41, 5.74) is 0. The molecule has 0 aromatic rings. The van der Waals surface area contributed by atoms with Crippen molar-refractivity contribution in [2.45, 2.75) is 51.0 Å². The minimum Gasteiger partial charge on any atom is -0.481 e. The number of rotatable bonds is 2. The van der Waals surface area contributed by atoms with Crippen LogP contribution in [-0.4, -0.2) is 34.5 Å². The van der Waals surface area contributed by atoms with Crippen molar-refractivity contribution in [2.24, 2.45) is 17.8 Å². The second-order valence-electron chi connectivity index (χ2n) is 6.06. The average molecular weight is 251 g/mol. The van der Waals surface area contributed by atoms with E-state index in [1.54, 1.807) is 0 Å². The molecule has 0 aromatic heterocycles. The van der Waals surface area contributed by atoms with E-state index in [2.05, 4.69) is 0 Å². The van der Waals surface area contributed by atoms with Gasteiger partial charge in [-0.2, -0.15) is 0 Å². The molecule has 4 unspecified atom stereocenters. The van der Waals surface area contributed by atoms with Crippen molar-refractivity contribution in [3.05, 3.63) is 0 Å². The number of carbonyl (C=O) groups excluding carboxylic acids is 1. The zero-order valence-corrected chi connectivity index (χ0v) is 10.7. The minimum atomic E-state index is -0.792. The molecular weight excluding hydrogens is 230 g/mol. The fourth-order valence-electron chi connectivity index (χ4n) is 4.03. The fourth-order valence-corrected chi connectivity index (χ4v) is 4.03. The van der Waals surface area contributed by atoms with E-state index < -0.39 is 11.9 Å². The van der Waals surface area contributed by atoms with Gasteiger partial charge >= 0.3 is 5.97 Å². The summed E-state index contributed by atoms with van der Waals surface area (Å²) in [4.78, 5) is 25.6. The van der Waals surface area contributed by atoms with Gasteiger partial charge in [-0.25, -0.2) is 0 Å². The smallest absolute Gasteiger partial charge is 0.307 e. The van der Waals surface area contributed by atoms with E-state index in [9.17, 15) is 9.59 Å². The van der Waals surface area contributed by atoms with Gasteiger partial charge < -0.3 is 10.0 Å². The van der Waals surface area contributed by atoms with Crippen molar-refractivity contribution in [3.8, 4) is 0 Å². The van der Waals surface area contributed by atoms with Crippen molar-refractivity contribution in [1.82, 2.24) is 4.90 Å². The van der Waals surface area contributed by atoms with Crippen molar-refractivity contribution in [2.75, 3.05) is 6.54 Å². The Labute approximate surface area is 107 Å². The monoisotopic (exact) mass is 251 g/mol. The third-order valence-corrected chi connectivity index (χ3v) is 5.19. The van der Waals surface area contributed by atoms with Crippen molar-refractivity contribution >= 4 is 11.9 Å². The van der Waals surface area contributed by atoms with E-state index in [0.717, 1.165) is 25.8 Å². The Hall–Kier alpha value is -1.06. The van der Waals surface area contributed by atoms with Gasteiger partial charge in [0.25, 0.3) is 0 Å². The van der Waals surface area contributed by atoms with E-state index in [0.29, 0.717) is 18.4 Å². The number of likely N-dealkylation sites (tertiary alicyclic amines) is 1. The normalized spacial score (nSPS) is 39.0. The molecule has 0 radical (unpaired) electrons. The lowest BCUT2D eigenvalue weighted by Gasteiger charge is -2.43. The van der Waals surface area contributed by atoms with Gasteiger partial charge in [-0.3, -0.25) is 9.59 Å². The van der Waals surface area contributed by atoms with Crippen LogP contribution in [0.3, 0.4) is 0 Å². The topological polar surface area (TPSA) is 57.6 Å². The van der Waals surface area contributed by atoms with Crippen LogP contribution in [0.2, 0.25) is 0 Å². The molecule has 18 heavy (non-hydrogen) atoms. The van der Waals surface area contributed by atoms with E-state index in [1.165, 1.54) is 19.3 Å². The second-order valence-corrected chi connectivity index (χ2v) is 6.06. The number of carbonyl (C=O) groups is 2. The highest BCUT2D eigenvalue weighted by Gasteiger charge is 2.46. The van der Waals surface area contributed by atoms with Crippen molar-refractivity contribution in [1.29, 1.82) is 0 Å². The summed E-state index contributed by atoms with van der Waals surface area (Å²) in [6.07, 6.45) is 7.39. The average Bonchev–Trinajstić information content (AvgIpc) is 2.73. The predicted molar refractivity (Wildman–Crippen MR) is 65.9 cm³/mol. The second kappa shape index (κ2) is 4.56. The maximum atomic E-state index is 12.5. The van der Waals surface area contributed by atoms with Gasteiger partial charge in [0, 0.05) is 12.6 Å². The van der Waals surface area contributed by atoms with Gasteiger partial charge in [-0.1, -0.05) is 6.42 Å². The first-order valence-electron chi connectivity index (χ1n) is 7.22. The number of hydrogen-bond acceptors (Lipinski definition) is 2. The lowest BCUT2D eigenvalue weighted by Crippen LogP contribution is -2.52. The molecule has 3 fully saturated rings. The van der Waals surface area contributed by atoms with Crippen LogP contribution in [0.5, 0.6) is 0 Å². The SMILES string of the molecule is O=C(O)C1CCC1C(=O)N1CCCC2CCCC21. The summed E-state index contributed by atoms with van der Waals surface area (Å²) in [5, 5.41) is 9.07. The molecule has 1 N–H and O–H groups in total. The number of aliphatic carboxylic acids is 1. The molecule has 0 bridgehead atoms. The van der Waals surface area contributed by atoms with Crippen LogP contribution >= 0.6 is 0 Å². The molecule has 0 spiro atoms. The summed E-state index contributed by atoms with van der Waals surface area (Å²) in [7, 11) is 0. The Morgan fingerprint density at radius 3 is 2.33 bits per heavy atom. The molecule has 2 saturated carbocycles. The highest BCUT2D eigenvalue weighted by Crippen LogP contribution is 2.41. The van der Waals surface area contributed by atoms with Crippen LogP contribution in [0.1, 0.15) is 44.9 Å². The molecule has 100 valence electrons. The molecule has 1 aliphatic heterocycles. The summed E-state index contributed by atoms with van der Waals surface area (Å²) in [6, 6.07) is 0.418. The maximum Gasteiger partial charge on any atom is 0.307 e. The van der Waals surface area contributed by atoms with Crippen LogP contribution in [0.4, 0.5) is 0 Å². The Kier molecular flexibility index (Phi) is 3.04. The first-order valence-corrected chi connectivity index (χ1v) is 7.22. The number of hydrogen-bond donors (Lipinski definition) is 1. The highest BCUT2D eigenvalue weighted by atomic mass is 16.4. The van der Waals surface area contributed by atoms with Crippen LogP contribution in [0, 0.1) is 17.8 Å². The first-order chi connectivity index (χ1) is 8.68. The Morgan fingerprint density at radius 2 is 1.67 bits per heavy atom. The maximum absolute atomic E-state index is 12.5.